The Morgan fingerprint density at radius 2 is 1.87 bits per heavy atom. The van der Waals surface area contributed by atoms with Crippen LogP contribution in [0.1, 0.15) is 12.0 Å². The van der Waals surface area contributed by atoms with Gasteiger partial charge in [-0.3, -0.25) is 14.6 Å². The number of amides is 2. The van der Waals surface area contributed by atoms with Crippen molar-refractivity contribution in [2.24, 2.45) is 11.8 Å². The third-order valence-corrected chi connectivity index (χ3v) is 4.16. The van der Waals surface area contributed by atoms with Gasteiger partial charge in [-0.25, -0.2) is 0 Å². The van der Waals surface area contributed by atoms with Gasteiger partial charge in [0.05, 0.1) is 11.8 Å². The third kappa shape index (κ3) is 5.32. The summed E-state index contributed by atoms with van der Waals surface area (Å²) in [5, 5.41) is 2.90. The number of aromatic nitrogens is 1. The molecule has 1 heterocycles. The van der Waals surface area contributed by atoms with Crippen LogP contribution in [0.5, 0.6) is 0 Å². The number of rotatable bonds is 8. The summed E-state index contributed by atoms with van der Waals surface area (Å²) in [4.78, 5) is 32.1. The summed E-state index contributed by atoms with van der Waals surface area (Å²) in [7, 11) is 5.74. The van der Waals surface area contributed by atoms with E-state index in [1.165, 1.54) is 0 Å². The van der Waals surface area contributed by atoms with E-state index in [2.05, 4.69) is 10.3 Å². The number of hydrogen-bond donors (Lipinski definition) is 1. The fraction of sp³-hybridized carbons (Fsp3) is 0.588. The molecular weight excluding hydrogens is 292 g/mol. The molecule has 1 aliphatic rings. The molecule has 0 aromatic carbocycles. The summed E-state index contributed by atoms with van der Waals surface area (Å²) < 4.78 is 0. The fourth-order valence-electron chi connectivity index (χ4n) is 2.53. The average Bonchev–Trinajstić information content (AvgIpc) is 3.33. The molecule has 126 valence electrons. The number of carbonyl (C=O) groups excluding carboxylic acids is 2. The second-order valence-corrected chi connectivity index (χ2v) is 6.41. The van der Waals surface area contributed by atoms with Gasteiger partial charge in [-0.05, 0) is 44.6 Å². The van der Waals surface area contributed by atoms with Crippen molar-refractivity contribution in [1.82, 2.24) is 20.1 Å². The summed E-state index contributed by atoms with van der Waals surface area (Å²) >= 11 is 0. The maximum atomic E-state index is 12.3. The molecule has 1 aromatic rings. The second kappa shape index (κ2) is 8.06. The molecular formula is C17H26N4O2. The fourth-order valence-corrected chi connectivity index (χ4v) is 2.53. The van der Waals surface area contributed by atoms with Gasteiger partial charge in [-0.15, -0.1) is 0 Å². The summed E-state index contributed by atoms with van der Waals surface area (Å²) in [6, 6.07) is 3.91. The van der Waals surface area contributed by atoms with E-state index in [1.807, 2.05) is 38.2 Å². The zero-order chi connectivity index (χ0) is 16.8. The lowest BCUT2D eigenvalue weighted by Crippen LogP contribution is -2.35. The largest absolute Gasteiger partial charge is 0.355 e. The molecule has 1 fully saturated rings. The van der Waals surface area contributed by atoms with Crippen molar-refractivity contribution >= 4 is 11.8 Å². The van der Waals surface area contributed by atoms with E-state index in [0.29, 0.717) is 19.5 Å². The highest BCUT2D eigenvalue weighted by atomic mass is 16.2. The van der Waals surface area contributed by atoms with E-state index in [1.54, 1.807) is 17.3 Å². The second-order valence-electron chi connectivity index (χ2n) is 6.41. The molecule has 1 aromatic heterocycles. The van der Waals surface area contributed by atoms with Gasteiger partial charge in [0.2, 0.25) is 11.8 Å². The first-order chi connectivity index (χ1) is 11.0. The van der Waals surface area contributed by atoms with E-state index in [-0.39, 0.29) is 23.7 Å². The quantitative estimate of drug-likeness (QED) is 0.753. The van der Waals surface area contributed by atoms with Crippen LogP contribution in [0.25, 0.3) is 0 Å². The first-order valence-electron chi connectivity index (χ1n) is 8.05. The zero-order valence-corrected chi connectivity index (χ0v) is 14.2. The predicted molar refractivity (Wildman–Crippen MR) is 88.7 cm³/mol. The predicted octanol–water partition coefficient (Wildman–Crippen LogP) is 0.396. The van der Waals surface area contributed by atoms with Crippen LogP contribution in [0.15, 0.2) is 24.5 Å². The molecule has 0 radical (unpaired) electrons. The molecule has 6 nitrogen and oxygen atoms in total. The molecule has 1 N–H and O–H groups in total. The van der Waals surface area contributed by atoms with Crippen LogP contribution in [-0.4, -0.2) is 67.4 Å². The Kier molecular flexibility index (Phi) is 6.10. The zero-order valence-electron chi connectivity index (χ0n) is 14.2. The molecule has 6 heteroatoms. The smallest absolute Gasteiger partial charge is 0.226 e. The maximum Gasteiger partial charge on any atom is 0.226 e. The van der Waals surface area contributed by atoms with Gasteiger partial charge >= 0.3 is 0 Å². The molecule has 0 aliphatic heterocycles. The van der Waals surface area contributed by atoms with Crippen LogP contribution >= 0.6 is 0 Å². The Balaban J connectivity index is 1.71. The Hall–Kier alpha value is -1.95. The van der Waals surface area contributed by atoms with Crippen molar-refractivity contribution in [2.45, 2.75) is 12.8 Å². The summed E-state index contributed by atoms with van der Waals surface area (Å²) in [6.07, 6.45) is 4.99. The lowest BCUT2D eigenvalue weighted by molar-refractivity contribution is -0.133. The first-order valence-corrected chi connectivity index (χ1v) is 8.05. The summed E-state index contributed by atoms with van der Waals surface area (Å²) in [6.45, 7) is 2.10. The number of nitrogens with one attached hydrogen (secondary N) is 1. The maximum absolute atomic E-state index is 12.3. The van der Waals surface area contributed by atoms with Crippen LogP contribution in [0.3, 0.4) is 0 Å². The van der Waals surface area contributed by atoms with Gasteiger partial charge in [0.1, 0.15) is 0 Å². The highest BCUT2D eigenvalue weighted by Gasteiger charge is 2.48. The number of hydrogen-bond acceptors (Lipinski definition) is 4. The SMILES string of the molecule is CN(C)CCNC(=O)C1CC1C(=O)N(C)CCc1ccncc1. The number of nitrogens with zero attached hydrogens (tertiary/aromatic N) is 3. The molecule has 1 saturated carbocycles. The molecule has 2 atom stereocenters. The standard InChI is InChI=1S/C17H26N4O2/c1-20(2)11-9-19-16(22)14-12-15(14)17(23)21(3)10-6-13-4-7-18-8-5-13/h4-5,7-8,14-15H,6,9-12H2,1-3H3,(H,19,22). The van der Waals surface area contributed by atoms with Gasteiger partial charge < -0.3 is 15.1 Å². The van der Waals surface area contributed by atoms with Crippen molar-refractivity contribution in [3.05, 3.63) is 30.1 Å². The van der Waals surface area contributed by atoms with Gasteiger partial charge in [0, 0.05) is 39.1 Å². The lowest BCUT2D eigenvalue weighted by atomic mass is 10.2. The van der Waals surface area contributed by atoms with Gasteiger partial charge in [-0.2, -0.15) is 0 Å². The molecule has 2 rings (SSSR count). The molecule has 2 amide bonds. The van der Waals surface area contributed by atoms with Crippen molar-refractivity contribution in [3.8, 4) is 0 Å². The van der Waals surface area contributed by atoms with Gasteiger partial charge in [0.15, 0.2) is 0 Å². The highest BCUT2D eigenvalue weighted by Crippen LogP contribution is 2.39. The van der Waals surface area contributed by atoms with Crippen LogP contribution in [0.4, 0.5) is 0 Å². The Bertz CT molecular complexity index is 533. The molecule has 1 aliphatic carbocycles. The van der Waals surface area contributed by atoms with Crippen molar-refractivity contribution in [2.75, 3.05) is 40.8 Å². The number of likely N-dealkylation sites (N-methyl/N-ethyl adjacent to an activating group) is 2. The van der Waals surface area contributed by atoms with Crippen LogP contribution < -0.4 is 5.32 Å². The van der Waals surface area contributed by atoms with E-state index in [0.717, 1.165) is 18.5 Å². The van der Waals surface area contributed by atoms with Crippen molar-refractivity contribution in [1.29, 1.82) is 0 Å². The van der Waals surface area contributed by atoms with Crippen LogP contribution in [-0.2, 0) is 16.0 Å². The number of carbonyl (C=O) groups is 2. The molecule has 23 heavy (non-hydrogen) atoms. The minimum Gasteiger partial charge on any atom is -0.355 e. The van der Waals surface area contributed by atoms with Crippen LogP contribution in [0, 0.1) is 11.8 Å². The van der Waals surface area contributed by atoms with E-state index < -0.39 is 0 Å². The van der Waals surface area contributed by atoms with E-state index >= 15 is 0 Å². The number of pyridine rings is 1. The Labute approximate surface area is 137 Å². The van der Waals surface area contributed by atoms with Crippen molar-refractivity contribution in [3.63, 3.8) is 0 Å². The topological polar surface area (TPSA) is 65.5 Å². The monoisotopic (exact) mass is 318 g/mol. The van der Waals surface area contributed by atoms with Gasteiger partial charge in [-0.1, -0.05) is 0 Å². The third-order valence-electron chi connectivity index (χ3n) is 4.16. The molecule has 2 unspecified atom stereocenters. The average molecular weight is 318 g/mol. The van der Waals surface area contributed by atoms with E-state index in [9.17, 15) is 9.59 Å². The Morgan fingerprint density at radius 3 is 2.52 bits per heavy atom. The molecule has 0 bridgehead atoms. The Morgan fingerprint density at radius 1 is 1.17 bits per heavy atom. The first kappa shape index (κ1) is 17.4. The molecule has 0 saturated heterocycles. The molecule has 0 spiro atoms. The van der Waals surface area contributed by atoms with E-state index in [4.69, 9.17) is 0 Å². The van der Waals surface area contributed by atoms with Crippen molar-refractivity contribution < 1.29 is 9.59 Å². The lowest BCUT2D eigenvalue weighted by Gasteiger charge is -2.17. The van der Waals surface area contributed by atoms with Gasteiger partial charge in [0.25, 0.3) is 0 Å². The minimum atomic E-state index is -0.145. The minimum absolute atomic E-state index is 0.00716. The summed E-state index contributed by atoms with van der Waals surface area (Å²) in [5.74, 6) is -0.204. The van der Waals surface area contributed by atoms with Crippen LogP contribution in [0.2, 0.25) is 0 Å². The highest BCUT2D eigenvalue weighted by molar-refractivity contribution is 5.92. The summed E-state index contributed by atoms with van der Waals surface area (Å²) in [5.41, 5.74) is 1.16. The normalized spacial score (nSPS) is 19.5.